The molecule has 9 nitrogen and oxygen atoms in total. The summed E-state index contributed by atoms with van der Waals surface area (Å²) in [5, 5.41) is 16.0. The summed E-state index contributed by atoms with van der Waals surface area (Å²) in [5.41, 5.74) is 0.941. The molecule has 220 valence electrons. The van der Waals surface area contributed by atoms with E-state index in [2.05, 4.69) is 10.0 Å². The van der Waals surface area contributed by atoms with Gasteiger partial charge in [-0.1, -0.05) is 60.9 Å². The van der Waals surface area contributed by atoms with Gasteiger partial charge < -0.3 is 5.32 Å². The molecule has 2 aromatic carbocycles. The van der Waals surface area contributed by atoms with Gasteiger partial charge in [-0.15, -0.1) is 0 Å². The molecule has 41 heavy (non-hydrogen) atoms. The highest BCUT2D eigenvalue weighted by molar-refractivity contribution is 7.89. The van der Waals surface area contributed by atoms with Crippen molar-refractivity contribution in [2.75, 3.05) is 0 Å². The average Bonchev–Trinajstić information content (AvgIpc) is 3.20. The van der Waals surface area contributed by atoms with Crippen molar-refractivity contribution in [1.82, 2.24) is 10.0 Å². The first-order valence-electron chi connectivity index (χ1n) is 14.1. The standard InChI is InChI=1S/C29H37N3O4S2.CO2/c1-29(2,3)31-38(35,36)25-17-16-23(21-14-7-8-15-22(21)25)26-24(18-19-10-5-4-6-11-19)32(34)28(37-26)27(33)30-20-12-9-13-20;2-1-3/h7-8,14-17,19-20,31H,4-6,9-13,18H2,1-3H3,(H-,30,33,34);/p+1. The first-order chi connectivity index (χ1) is 19.4. The van der Waals surface area contributed by atoms with Crippen LogP contribution in [-0.4, -0.2) is 37.3 Å². The van der Waals surface area contributed by atoms with Crippen LogP contribution in [0.4, 0.5) is 0 Å². The molecule has 2 aliphatic carbocycles. The number of carbonyl (C=O) groups excluding carboxylic acids is 3. The fourth-order valence-corrected chi connectivity index (χ4v) is 8.32. The summed E-state index contributed by atoms with van der Waals surface area (Å²) in [4.78, 5) is 30.5. The summed E-state index contributed by atoms with van der Waals surface area (Å²) < 4.78 is 30.5. The Balaban J connectivity index is 0.00000124. The molecule has 1 amide bonds. The normalized spacial score (nSPS) is 16.4. The van der Waals surface area contributed by atoms with Crippen molar-refractivity contribution in [3.05, 3.63) is 47.1 Å². The third kappa shape index (κ3) is 7.22. The van der Waals surface area contributed by atoms with E-state index >= 15 is 0 Å². The summed E-state index contributed by atoms with van der Waals surface area (Å²) in [6, 6.07) is 11.1. The minimum absolute atomic E-state index is 0.162. The van der Waals surface area contributed by atoms with E-state index in [4.69, 9.17) is 9.59 Å². The summed E-state index contributed by atoms with van der Waals surface area (Å²) in [6.45, 7) is 5.46. The predicted octanol–water partition coefficient (Wildman–Crippen LogP) is 4.99. The summed E-state index contributed by atoms with van der Waals surface area (Å²) in [6.07, 6.45) is 9.79. The van der Waals surface area contributed by atoms with Gasteiger partial charge in [0.15, 0.2) is 0 Å². The number of fused-ring (bicyclic) bond motifs is 1. The summed E-state index contributed by atoms with van der Waals surface area (Å²) in [7, 11) is -3.77. The molecule has 3 aromatic rings. The molecule has 0 unspecified atom stereocenters. The molecule has 3 N–H and O–H groups in total. The fraction of sp³-hybridized carbons (Fsp3) is 0.500. The number of amides is 1. The zero-order chi connectivity index (χ0) is 29.8. The SMILES string of the molecule is CC(C)(C)NS(=O)(=O)c1ccc(-c2sc(C(=O)NC3CCC3)[n+](O)c2CC2CCCCC2)c2ccccc12.O=C=O. The second-order valence-electron chi connectivity index (χ2n) is 11.9. The second-order valence-corrected chi connectivity index (χ2v) is 14.5. The quantitative estimate of drug-likeness (QED) is 0.258. The number of rotatable bonds is 7. The molecule has 5 rings (SSSR count). The summed E-state index contributed by atoms with van der Waals surface area (Å²) in [5.74, 6) is 0.191. The summed E-state index contributed by atoms with van der Waals surface area (Å²) >= 11 is 1.29. The zero-order valence-corrected chi connectivity index (χ0v) is 25.4. The molecule has 0 radical (unpaired) electrons. The number of aromatic nitrogens is 1. The van der Waals surface area contributed by atoms with Crippen LogP contribution in [0.25, 0.3) is 21.2 Å². The molecule has 2 aliphatic rings. The van der Waals surface area contributed by atoms with E-state index in [0.29, 0.717) is 17.7 Å². The number of hydrogen-bond donors (Lipinski definition) is 3. The lowest BCUT2D eigenvalue weighted by Gasteiger charge is -2.25. The average molecular weight is 601 g/mol. The van der Waals surface area contributed by atoms with Crippen molar-refractivity contribution < 1.29 is 32.7 Å². The molecular weight excluding hydrogens is 562 g/mol. The molecular formula is C30H38N3O6S2+. The van der Waals surface area contributed by atoms with Crippen LogP contribution >= 0.6 is 11.3 Å². The van der Waals surface area contributed by atoms with Crippen molar-refractivity contribution in [3.63, 3.8) is 0 Å². The van der Waals surface area contributed by atoms with E-state index in [1.807, 2.05) is 51.1 Å². The van der Waals surface area contributed by atoms with Gasteiger partial charge in [0.1, 0.15) is 4.88 Å². The van der Waals surface area contributed by atoms with Crippen molar-refractivity contribution in [1.29, 1.82) is 0 Å². The molecule has 2 saturated carbocycles. The number of nitrogens with zero attached hydrogens (tertiary/aromatic N) is 1. The molecule has 11 heteroatoms. The number of thiazole rings is 1. The Morgan fingerprint density at radius 3 is 2.22 bits per heavy atom. The Morgan fingerprint density at radius 1 is 1.00 bits per heavy atom. The lowest BCUT2D eigenvalue weighted by atomic mass is 9.85. The highest BCUT2D eigenvalue weighted by Gasteiger charge is 2.37. The highest BCUT2D eigenvalue weighted by Crippen LogP contribution is 2.39. The maximum atomic E-state index is 13.3. The van der Waals surface area contributed by atoms with E-state index < -0.39 is 15.6 Å². The Morgan fingerprint density at radius 2 is 1.63 bits per heavy atom. The molecule has 2 fully saturated rings. The second kappa shape index (κ2) is 12.8. The van der Waals surface area contributed by atoms with Crippen LogP contribution in [0, 0.1) is 5.92 Å². The molecule has 0 saturated heterocycles. The third-order valence-electron chi connectivity index (χ3n) is 7.61. The lowest BCUT2D eigenvalue weighted by molar-refractivity contribution is -0.907. The van der Waals surface area contributed by atoms with Gasteiger partial charge in [0.2, 0.25) is 10.0 Å². The van der Waals surface area contributed by atoms with Gasteiger partial charge in [-0.2, -0.15) is 9.59 Å². The monoisotopic (exact) mass is 600 g/mol. The number of sulfonamides is 1. The van der Waals surface area contributed by atoms with Crippen LogP contribution in [-0.2, 0) is 26.0 Å². The predicted molar refractivity (Wildman–Crippen MR) is 155 cm³/mol. The van der Waals surface area contributed by atoms with E-state index in [9.17, 15) is 18.4 Å². The molecule has 0 aliphatic heterocycles. The van der Waals surface area contributed by atoms with Crippen LogP contribution < -0.4 is 14.8 Å². The Bertz CT molecular complexity index is 1540. The fourth-order valence-electron chi connectivity index (χ4n) is 5.58. The van der Waals surface area contributed by atoms with Crippen LogP contribution in [0.5, 0.6) is 0 Å². The molecule has 1 aromatic heterocycles. The van der Waals surface area contributed by atoms with E-state index in [0.717, 1.165) is 58.4 Å². The number of nitrogens with one attached hydrogen (secondary N) is 2. The maximum Gasteiger partial charge on any atom is 0.377 e. The van der Waals surface area contributed by atoms with Gasteiger partial charge in [0.05, 0.1) is 4.90 Å². The van der Waals surface area contributed by atoms with Gasteiger partial charge >= 0.3 is 17.1 Å². The minimum Gasteiger partial charge on any atom is -0.343 e. The Hall–Kier alpha value is -3.11. The molecule has 0 bridgehead atoms. The molecule has 0 atom stereocenters. The first-order valence-corrected chi connectivity index (χ1v) is 16.4. The first kappa shape index (κ1) is 30.8. The Labute approximate surface area is 245 Å². The van der Waals surface area contributed by atoms with Crippen molar-refractivity contribution >= 4 is 44.2 Å². The smallest absolute Gasteiger partial charge is 0.343 e. The van der Waals surface area contributed by atoms with Gasteiger partial charge in [0.25, 0.3) is 5.69 Å². The topological polar surface area (TPSA) is 134 Å². The van der Waals surface area contributed by atoms with Crippen molar-refractivity contribution in [3.8, 4) is 10.4 Å². The van der Waals surface area contributed by atoms with Crippen molar-refractivity contribution in [2.45, 2.75) is 95.0 Å². The van der Waals surface area contributed by atoms with Gasteiger partial charge in [0, 0.05) is 33.7 Å². The van der Waals surface area contributed by atoms with Gasteiger partial charge in [-0.25, -0.2) is 13.1 Å². The van der Waals surface area contributed by atoms with Crippen LogP contribution in [0.1, 0.15) is 87.6 Å². The van der Waals surface area contributed by atoms with E-state index in [1.54, 1.807) is 6.07 Å². The van der Waals surface area contributed by atoms with E-state index in [-0.39, 0.29) is 28.0 Å². The highest BCUT2D eigenvalue weighted by atomic mass is 32.2. The number of carbonyl (C=O) groups is 1. The molecule has 1 heterocycles. The number of benzene rings is 2. The number of hydrogen-bond acceptors (Lipinski definition) is 7. The van der Waals surface area contributed by atoms with Crippen molar-refractivity contribution in [2.24, 2.45) is 5.92 Å². The zero-order valence-electron chi connectivity index (χ0n) is 23.7. The van der Waals surface area contributed by atoms with Crippen LogP contribution in [0.2, 0.25) is 0 Å². The van der Waals surface area contributed by atoms with Crippen LogP contribution in [0.3, 0.4) is 0 Å². The van der Waals surface area contributed by atoms with Gasteiger partial charge in [-0.05, 0) is 70.2 Å². The van der Waals surface area contributed by atoms with Gasteiger partial charge in [-0.3, -0.25) is 10.0 Å². The van der Waals surface area contributed by atoms with E-state index in [1.165, 1.54) is 30.6 Å². The Kier molecular flexibility index (Phi) is 9.64. The minimum atomic E-state index is -3.77. The third-order valence-corrected chi connectivity index (χ3v) is 10.6. The maximum absolute atomic E-state index is 13.3. The largest absolute Gasteiger partial charge is 0.377 e. The molecule has 0 spiro atoms. The van der Waals surface area contributed by atoms with Crippen LogP contribution in [0.15, 0.2) is 41.3 Å². The lowest BCUT2D eigenvalue weighted by Crippen LogP contribution is -2.46.